The molecule has 1 atom stereocenters. The number of aliphatic carboxylic acids is 1. The van der Waals surface area contributed by atoms with Crippen molar-refractivity contribution in [1.82, 2.24) is 30.2 Å². The third kappa shape index (κ3) is 4.90. The van der Waals surface area contributed by atoms with Crippen LogP contribution in [0.4, 0.5) is 0 Å². The molecule has 0 spiro atoms. The Morgan fingerprint density at radius 3 is 2.60 bits per heavy atom. The predicted molar refractivity (Wildman–Crippen MR) is 86.9 cm³/mol. The van der Waals surface area contributed by atoms with Crippen LogP contribution in [0.25, 0.3) is 0 Å². The number of carboxylic acid groups (broad SMARTS) is 1. The minimum atomic E-state index is -1.04. The zero-order valence-corrected chi connectivity index (χ0v) is 14.0. The van der Waals surface area contributed by atoms with Gasteiger partial charge in [0.05, 0.1) is 11.8 Å². The van der Waals surface area contributed by atoms with Gasteiger partial charge in [-0.2, -0.15) is 10.2 Å². The van der Waals surface area contributed by atoms with Gasteiger partial charge in [0.2, 0.25) is 5.91 Å². The molecule has 2 aromatic rings. The van der Waals surface area contributed by atoms with Crippen molar-refractivity contribution in [2.75, 3.05) is 13.1 Å². The van der Waals surface area contributed by atoms with Crippen molar-refractivity contribution in [3.63, 3.8) is 0 Å². The highest BCUT2D eigenvalue weighted by atomic mass is 16.4. The van der Waals surface area contributed by atoms with Crippen molar-refractivity contribution in [3.8, 4) is 0 Å². The minimum Gasteiger partial charge on any atom is -0.480 e. The molecule has 134 valence electrons. The first-order valence-corrected chi connectivity index (χ1v) is 7.68. The Bertz CT molecular complexity index is 766. The molecule has 0 aliphatic rings. The van der Waals surface area contributed by atoms with Gasteiger partial charge in [0.1, 0.15) is 12.6 Å². The normalized spacial score (nSPS) is 11.8. The van der Waals surface area contributed by atoms with Gasteiger partial charge in [-0.3, -0.25) is 19.0 Å². The molecule has 0 fully saturated rings. The molecule has 3 N–H and O–H groups in total. The highest BCUT2D eigenvalue weighted by Gasteiger charge is 2.16. The summed E-state index contributed by atoms with van der Waals surface area (Å²) < 4.78 is 2.78. The van der Waals surface area contributed by atoms with Gasteiger partial charge in [-0.1, -0.05) is 0 Å². The molecule has 2 aromatic heterocycles. The van der Waals surface area contributed by atoms with Crippen LogP contribution in [0.15, 0.2) is 24.7 Å². The lowest BCUT2D eigenvalue weighted by Crippen LogP contribution is -2.36. The summed E-state index contributed by atoms with van der Waals surface area (Å²) >= 11 is 0. The van der Waals surface area contributed by atoms with E-state index in [0.717, 1.165) is 5.69 Å². The Balaban J connectivity index is 1.73. The number of carbonyl (C=O) groups is 3. The van der Waals surface area contributed by atoms with Crippen molar-refractivity contribution in [2.45, 2.75) is 26.4 Å². The molecule has 0 aliphatic heterocycles. The first kappa shape index (κ1) is 18.2. The van der Waals surface area contributed by atoms with Crippen LogP contribution in [-0.2, 0) is 16.1 Å². The molecular formula is C15H20N6O4. The van der Waals surface area contributed by atoms with Crippen molar-refractivity contribution in [1.29, 1.82) is 0 Å². The standard InChI is InChI=1S/C15H20N6O4/c1-10-3-4-18-20(10)9-13(22)16-5-6-17-14(23)12-7-19-21(8-12)11(2)15(24)25/h3-4,7-8,11H,5-6,9H2,1-2H3,(H,16,22)(H,17,23)(H,24,25). The average molecular weight is 348 g/mol. The highest BCUT2D eigenvalue weighted by Crippen LogP contribution is 2.06. The lowest BCUT2D eigenvalue weighted by molar-refractivity contribution is -0.140. The maximum absolute atomic E-state index is 12.0. The first-order chi connectivity index (χ1) is 11.9. The second kappa shape index (κ2) is 8.08. The largest absolute Gasteiger partial charge is 0.480 e. The number of carbonyl (C=O) groups excluding carboxylic acids is 2. The maximum Gasteiger partial charge on any atom is 0.328 e. The summed E-state index contributed by atoms with van der Waals surface area (Å²) in [5.41, 5.74) is 1.14. The number of nitrogens with one attached hydrogen (secondary N) is 2. The summed E-state index contributed by atoms with van der Waals surface area (Å²) in [5, 5.41) is 22.1. The Labute approximate surface area is 143 Å². The van der Waals surface area contributed by atoms with Gasteiger partial charge >= 0.3 is 5.97 Å². The Kier molecular flexibility index (Phi) is 5.88. The van der Waals surface area contributed by atoms with Crippen molar-refractivity contribution < 1.29 is 19.5 Å². The Hall–Kier alpha value is -3.17. The molecule has 2 rings (SSSR count). The van der Waals surface area contributed by atoms with E-state index in [1.54, 1.807) is 16.9 Å². The lowest BCUT2D eigenvalue weighted by atomic mass is 10.3. The van der Waals surface area contributed by atoms with Crippen LogP contribution >= 0.6 is 0 Å². The molecule has 0 saturated carbocycles. The van der Waals surface area contributed by atoms with E-state index in [0.29, 0.717) is 0 Å². The molecule has 0 aromatic carbocycles. The zero-order valence-electron chi connectivity index (χ0n) is 14.0. The molecule has 2 amide bonds. The maximum atomic E-state index is 12.0. The summed E-state index contributed by atoms with van der Waals surface area (Å²) in [6.45, 7) is 3.94. The van der Waals surface area contributed by atoms with E-state index in [2.05, 4.69) is 20.8 Å². The molecular weight excluding hydrogens is 328 g/mol. The number of hydrogen-bond donors (Lipinski definition) is 3. The van der Waals surface area contributed by atoms with Crippen molar-refractivity contribution >= 4 is 17.8 Å². The van der Waals surface area contributed by atoms with E-state index in [9.17, 15) is 14.4 Å². The van der Waals surface area contributed by atoms with Crippen LogP contribution in [0.2, 0.25) is 0 Å². The van der Waals surface area contributed by atoms with Gasteiger partial charge in [-0.15, -0.1) is 0 Å². The van der Waals surface area contributed by atoms with E-state index in [1.165, 1.54) is 24.0 Å². The zero-order chi connectivity index (χ0) is 18.4. The summed E-state index contributed by atoms with van der Waals surface area (Å²) in [7, 11) is 0. The van der Waals surface area contributed by atoms with Gasteiger partial charge in [0.25, 0.3) is 5.91 Å². The number of hydrogen-bond acceptors (Lipinski definition) is 5. The quantitative estimate of drug-likeness (QED) is 0.555. The van der Waals surface area contributed by atoms with E-state index >= 15 is 0 Å². The van der Waals surface area contributed by atoms with E-state index < -0.39 is 12.0 Å². The number of aryl methyl sites for hydroxylation is 1. The summed E-state index contributed by atoms with van der Waals surface area (Å²) in [5.74, 6) is -1.63. The SMILES string of the molecule is Cc1ccnn1CC(=O)NCCNC(=O)c1cnn(C(C)C(=O)O)c1. The second-order valence-electron chi connectivity index (χ2n) is 5.46. The number of aromatic nitrogens is 4. The van der Waals surface area contributed by atoms with Gasteiger partial charge in [0.15, 0.2) is 0 Å². The van der Waals surface area contributed by atoms with Crippen LogP contribution in [0.3, 0.4) is 0 Å². The fraction of sp³-hybridized carbons (Fsp3) is 0.400. The molecule has 10 nitrogen and oxygen atoms in total. The third-order valence-electron chi connectivity index (χ3n) is 3.57. The van der Waals surface area contributed by atoms with Crippen molar-refractivity contribution in [3.05, 3.63) is 35.9 Å². The number of carboxylic acids is 1. The Morgan fingerprint density at radius 2 is 1.96 bits per heavy atom. The van der Waals surface area contributed by atoms with Crippen LogP contribution < -0.4 is 10.6 Å². The fourth-order valence-electron chi connectivity index (χ4n) is 2.02. The average Bonchev–Trinajstić information content (AvgIpc) is 3.20. The first-order valence-electron chi connectivity index (χ1n) is 7.68. The topological polar surface area (TPSA) is 131 Å². The minimum absolute atomic E-state index is 0.118. The van der Waals surface area contributed by atoms with Crippen molar-refractivity contribution in [2.24, 2.45) is 0 Å². The summed E-state index contributed by atoms with van der Waals surface area (Å²) in [6, 6.07) is 0.949. The van der Waals surface area contributed by atoms with E-state index in [1.807, 2.05) is 6.92 Å². The Morgan fingerprint density at radius 1 is 1.24 bits per heavy atom. The monoisotopic (exact) mass is 348 g/mol. The number of nitrogens with zero attached hydrogens (tertiary/aromatic N) is 4. The molecule has 0 radical (unpaired) electrons. The van der Waals surface area contributed by atoms with E-state index in [4.69, 9.17) is 5.11 Å². The van der Waals surface area contributed by atoms with Crippen LogP contribution in [-0.4, -0.2) is 55.5 Å². The number of rotatable bonds is 8. The van der Waals surface area contributed by atoms with Crippen LogP contribution in [0.5, 0.6) is 0 Å². The second-order valence-corrected chi connectivity index (χ2v) is 5.46. The molecule has 0 bridgehead atoms. The molecule has 1 unspecified atom stereocenters. The highest BCUT2D eigenvalue weighted by molar-refractivity contribution is 5.93. The lowest BCUT2D eigenvalue weighted by Gasteiger charge is -2.08. The fourth-order valence-corrected chi connectivity index (χ4v) is 2.02. The van der Waals surface area contributed by atoms with Gasteiger partial charge in [-0.05, 0) is 19.9 Å². The van der Waals surface area contributed by atoms with Crippen LogP contribution in [0.1, 0.15) is 29.0 Å². The molecule has 2 heterocycles. The van der Waals surface area contributed by atoms with Gasteiger partial charge < -0.3 is 15.7 Å². The van der Waals surface area contributed by atoms with Crippen LogP contribution in [0, 0.1) is 6.92 Å². The smallest absolute Gasteiger partial charge is 0.328 e. The third-order valence-corrected chi connectivity index (χ3v) is 3.57. The van der Waals surface area contributed by atoms with Gasteiger partial charge in [0, 0.05) is 31.2 Å². The molecule has 10 heteroatoms. The molecule has 0 saturated heterocycles. The molecule has 0 aliphatic carbocycles. The summed E-state index contributed by atoms with van der Waals surface area (Å²) in [6.07, 6.45) is 4.29. The predicted octanol–water partition coefficient (Wildman–Crippen LogP) is -0.420. The molecule has 25 heavy (non-hydrogen) atoms. The van der Waals surface area contributed by atoms with Gasteiger partial charge in [-0.25, -0.2) is 4.79 Å². The number of amides is 2. The summed E-state index contributed by atoms with van der Waals surface area (Å²) in [4.78, 5) is 34.6. The van der Waals surface area contributed by atoms with E-state index in [-0.39, 0.29) is 37.0 Å².